The quantitative estimate of drug-likeness (QED) is 0.703. The summed E-state index contributed by atoms with van der Waals surface area (Å²) in [6, 6.07) is 6.27. The van der Waals surface area contributed by atoms with E-state index in [0.717, 1.165) is 41.7 Å². The number of nitrogens with one attached hydrogen (secondary N) is 1. The molecule has 0 heterocycles. The molecule has 3 nitrogen and oxygen atoms in total. The average molecular weight is 380 g/mol. The summed E-state index contributed by atoms with van der Waals surface area (Å²) in [5.74, 6) is 0. The Hall–Kier alpha value is 0.0600. The first-order chi connectivity index (χ1) is 8.63. The number of ether oxygens (including phenoxy) is 1. The highest BCUT2D eigenvalue weighted by Gasteiger charge is 2.04. The van der Waals surface area contributed by atoms with E-state index in [1.54, 1.807) is 7.11 Å². The summed E-state index contributed by atoms with van der Waals surface area (Å²) in [4.78, 5) is 2.30. The second-order valence-corrected chi connectivity index (χ2v) is 5.99. The van der Waals surface area contributed by atoms with Gasteiger partial charge < -0.3 is 15.0 Å². The fourth-order valence-corrected chi connectivity index (χ4v) is 2.38. The van der Waals surface area contributed by atoms with E-state index in [4.69, 9.17) is 4.74 Å². The standard InChI is InChI=1S/C13H20Br2N2O/c1-17(7-5-16-6-8-18-2)10-11-9-12(14)3-4-13(11)15/h3-4,9,16H,5-8,10H2,1-2H3. The molecular weight excluding hydrogens is 360 g/mol. The highest BCUT2D eigenvalue weighted by molar-refractivity contribution is 9.11. The molecule has 0 saturated carbocycles. The van der Waals surface area contributed by atoms with Crippen LogP contribution in [0.3, 0.4) is 0 Å². The lowest BCUT2D eigenvalue weighted by molar-refractivity contribution is 0.197. The van der Waals surface area contributed by atoms with Crippen LogP contribution in [0.1, 0.15) is 5.56 Å². The zero-order chi connectivity index (χ0) is 13.4. The van der Waals surface area contributed by atoms with E-state index >= 15 is 0 Å². The van der Waals surface area contributed by atoms with Crippen LogP contribution in [0.25, 0.3) is 0 Å². The van der Waals surface area contributed by atoms with Crippen LogP contribution in [-0.2, 0) is 11.3 Å². The van der Waals surface area contributed by atoms with E-state index in [0.29, 0.717) is 0 Å². The van der Waals surface area contributed by atoms with Gasteiger partial charge in [0.15, 0.2) is 0 Å². The molecule has 0 bridgehead atoms. The molecule has 18 heavy (non-hydrogen) atoms. The van der Waals surface area contributed by atoms with Crippen LogP contribution in [0.2, 0.25) is 0 Å². The molecule has 102 valence electrons. The Kier molecular flexibility index (Phi) is 8.10. The lowest BCUT2D eigenvalue weighted by Gasteiger charge is -2.18. The Labute approximate surface area is 126 Å². The zero-order valence-electron chi connectivity index (χ0n) is 10.9. The van der Waals surface area contributed by atoms with E-state index < -0.39 is 0 Å². The predicted molar refractivity (Wildman–Crippen MR) is 82.9 cm³/mol. The molecule has 0 spiro atoms. The molecule has 1 aromatic carbocycles. The largest absolute Gasteiger partial charge is 0.383 e. The van der Waals surface area contributed by atoms with Gasteiger partial charge in [0, 0.05) is 42.2 Å². The fourth-order valence-electron chi connectivity index (χ4n) is 1.60. The van der Waals surface area contributed by atoms with Crippen LogP contribution in [-0.4, -0.2) is 45.3 Å². The molecule has 5 heteroatoms. The molecule has 0 fully saturated rings. The fraction of sp³-hybridized carbons (Fsp3) is 0.538. The Morgan fingerprint density at radius 2 is 2.06 bits per heavy atom. The molecule has 1 rings (SSSR count). The third-order valence-electron chi connectivity index (χ3n) is 2.60. The average Bonchev–Trinajstić information content (AvgIpc) is 2.33. The maximum atomic E-state index is 4.99. The van der Waals surface area contributed by atoms with Crippen molar-refractivity contribution < 1.29 is 4.74 Å². The van der Waals surface area contributed by atoms with Crippen LogP contribution in [0.5, 0.6) is 0 Å². The van der Waals surface area contributed by atoms with Gasteiger partial charge in [-0.2, -0.15) is 0 Å². The van der Waals surface area contributed by atoms with Gasteiger partial charge in [0.1, 0.15) is 0 Å². The highest BCUT2D eigenvalue weighted by Crippen LogP contribution is 2.22. The van der Waals surface area contributed by atoms with Crippen molar-refractivity contribution in [2.75, 3.05) is 40.4 Å². The minimum atomic E-state index is 0.765. The second-order valence-electron chi connectivity index (χ2n) is 4.22. The number of halogens is 2. The lowest BCUT2D eigenvalue weighted by atomic mass is 10.2. The summed E-state index contributed by atoms with van der Waals surface area (Å²) in [5.41, 5.74) is 1.30. The summed E-state index contributed by atoms with van der Waals surface area (Å²) in [5, 5.41) is 3.34. The Balaban J connectivity index is 2.30. The van der Waals surface area contributed by atoms with Gasteiger partial charge in [0.2, 0.25) is 0 Å². The monoisotopic (exact) mass is 378 g/mol. The van der Waals surface area contributed by atoms with Crippen molar-refractivity contribution in [3.05, 3.63) is 32.7 Å². The predicted octanol–water partition coefficient (Wildman–Crippen LogP) is 2.88. The normalized spacial score (nSPS) is 11.2. The molecule has 0 amide bonds. The first-order valence-electron chi connectivity index (χ1n) is 5.95. The topological polar surface area (TPSA) is 24.5 Å². The van der Waals surface area contributed by atoms with Crippen molar-refractivity contribution in [1.29, 1.82) is 0 Å². The third-order valence-corrected chi connectivity index (χ3v) is 3.87. The second kappa shape index (κ2) is 9.04. The van der Waals surface area contributed by atoms with Crippen molar-refractivity contribution in [3.63, 3.8) is 0 Å². The number of likely N-dealkylation sites (N-methyl/N-ethyl adjacent to an activating group) is 1. The molecule has 0 aromatic heterocycles. The summed E-state index contributed by atoms with van der Waals surface area (Å²) in [6.07, 6.45) is 0. The Bertz CT molecular complexity index is 361. The molecule has 0 radical (unpaired) electrons. The third kappa shape index (κ3) is 6.29. The molecule has 0 unspecified atom stereocenters. The van der Waals surface area contributed by atoms with Gasteiger partial charge in [-0.1, -0.05) is 31.9 Å². The minimum absolute atomic E-state index is 0.765. The van der Waals surface area contributed by atoms with Gasteiger partial charge >= 0.3 is 0 Å². The van der Waals surface area contributed by atoms with Gasteiger partial charge in [-0.15, -0.1) is 0 Å². The zero-order valence-corrected chi connectivity index (χ0v) is 14.1. The maximum absolute atomic E-state index is 4.99. The number of nitrogens with zero attached hydrogens (tertiary/aromatic N) is 1. The van der Waals surface area contributed by atoms with Gasteiger partial charge in [-0.3, -0.25) is 0 Å². The highest BCUT2D eigenvalue weighted by atomic mass is 79.9. The Morgan fingerprint density at radius 1 is 1.28 bits per heavy atom. The van der Waals surface area contributed by atoms with Crippen LogP contribution < -0.4 is 5.32 Å². The van der Waals surface area contributed by atoms with Crippen molar-refractivity contribution in [1.82, 2.24) is 10.2 Å². The number of hydrogen-bond acceptors (Lipinski definition) is 3. The summed E-state index contributed by atoms with van der Waals surface area (Å²) >= 11 is 7.08. The van der Waals surface area contributed by atoms with Crippen LogP contribution >= 0.6 is 31.9 Å². The molecule has 1 aromatic rings. The minimum Gasteiger partial charge on any atom is -0.383 e. The molecule has 0 aliphatic carbocycles. The van der Waals surface area contributed by atoms with Gasteiger partial charge in [0.25, 0.3) is 0 Å². The molecule has 1 N–H and O–H groups in total. The van der Waals surface area contributed by atoms with Crippen molar-refractivity contribution >= 4 is 31.9 Å². The van der Waals surface area contributed by atoms with E-state index in [9.17, 15) is 0 Å². The molecule has 0 saturated heterocycles. The summed E-state index contributed by atoms with van der Waals surface area (Å²) < 4.78 is 7.26. The molecular formula is C13H20Br2N2O. The van der Waals surface area contributed by atoms with Crippen molar-refractivity contribution in [2.24, 2.45) is 0 Å². The van der Waals surface area contributed by atoms with Gasteiger partial charge in [0.05, 0.1) is 6.61 Å². The van der Waals surface area contributed by atoms with E-state index in [1.165, 1.54) is 5.56 Å². The van der Waals surface area contributed by atoms with E-state index in [2.05, 4.69) is 61.3 Å². The smallest absolute Gasteiger partial charge is 0.0587 e. The van der Waals surface area contributed by atoms with Gasteiger partial charge in [-0.05, 0) is 30.8 Å². The van der Waals surface area contributed by atoms with E-state index in [1.807, 2.05) is 6.07 Å². The SMILES string of the molecule is COCCNCCN(C)Cc1cc(Br)ccc1Br. The van der Waals surface area contributed by atoms with Crippen LogP contribution in [0.15, 0.2) is 27.1 Å². The summed E-state index contributed by atoms with van der Waals surface area (Å²) in [7, 11) is 3.85. The van der Waals surface area contributed by atoms with Crippen LogP contribution in [0, 0.1) is 0 Å². The maximum Gasteiger partial charge on any atom is 0.0587 e. The molecule has 0 aliphatic rings. The number of rotatable bonds is 8. The number of hydrogen-bond donors (Lipinski definition) is 1. The van der Waals surface area contributed by atoms with Crippen LogP contribution in [0.4, 0.5) is 0 Å². The van der Waals surface area contributed by atoms with E-state index in [-0.39, 0.29) is 0 Å². The molecule has 0 atom stereocenters. The van der Waals surface area contributed by atoms with Gasteiger partial charge in [-0.25, -0.2) is 0 Å². The van der Waals surface area contributed by atoms with Crippen molar-refractivity contribution in [2.45, 2.75) is 6.54 Å². The first-order valence-corrected chi connectivity index (χ1v) is 7.54. The summed E-state index contributed by atoms with van der Waals surface area (Å²) in [6.45, 7) is 4.60. The first kappa shape index (κ1) is 16.1. The lowest BCUT2D eigenvalue weighted by Crippen LogP contribution is -2.30. The Morgan fingerprint density at radius 3 is 2.78 bits per heavy atom. The molecule has 0 aliphatic heterocycles. The number of methoxy groups -OCH3 is 1. The van der Waals surface area contributed by atoms with Crippen molar-refractivity contribution in [3.8, 4) is 0 Å². The number of benzene rings is 1.